The molecule has 0 bridgehead atoms. The number of aliphatic hydroxyl groups is 7. The third kappa shape index (κ3) is 4.93. The van der Waals surface area contributed by atoms with E-state index in [1.54, 1.807) is 6.07 Å². The molecule has 2 heterocycles. The van der Waals surface area contributed by atoms with Gasteiger partial charge in [0.05, 0.1) is 33.5 Å². The molecule has 3 rings (SSSR count). The molecule has 0 saturated carbocycles. The minimum atomic E-state index is -1.88. The first-order valence-electron chi connectivity index (χ1n) is 9.62. The molecule has 176 valence electrons. The number of hydrogen-bond donors (Lipinski definition) is 7. The summed E-state index contributed by atoms with van der Waals surface area (Å²) in [5, 5.41) is 69.1. The lowest BCUT2D eigenvalue weighted by molar-refractivity contribution is -0.289. The minimum absolute atomic E-state index is 0.162. The van der Waals surface area contributed by atoms with Gasteiger partial charge in [0.15, 0.2) is 17.8 Å². The molecule has 0 aromatic heterocycles. The Labute approximate surface area is 177 Å². The van der Waals surface area contributed by atoms with Crippen molar-refractivity contribution in [2.24, 2.45) is 0 Å². The van der Waals surface area contributed by atoms with Crippen LogP contribution in [0.5, 0.6) is 11.5 Å². The van der Waals surface area contributed by atoms with Crippen molar-refractivity contribution >= 4 is 0 Å². The molecule has 2 saturated heterocycles. The number of hydrogen-bond acceptors (Lipinski definition) is 12. The van der Waals surface area contributed by atoms with Gasteiger partial charge in [0, 0.05) is 0 Å². The average Bonchev–Trinajstić information content (AvgIpc) is 3.07. The maximum atomic E-state index is 10.3. The second-order valence-corrected chi connectivity index (χ2v) is 7.50. The van der Waals surface area contributed by atoms with Crippen molar-refractivity contribution in [2.75, 3.05) is 26.9 Å². The van der Waals surface area contributed by atoms with Crippen LogP contribution in [0.25, 0.3) is 0 Å². The fourth-order valence-electron chi connectivity index (χ4n) is 3.31. The summed E-state index contributed by atoms with van der Waals surface area (Å²) < 4.78 is 26.8. The average molecular weight is 448 g/mol. The number of methoxy groups -OCH3 is 1. The molecule has 31 heavy (non-hydrogen) atoms. The molecule has 0 aliphatic carbocycles. The summed E-state index contributed by atoms with van der Waals surface area (Å²) in [6.07, 6.45) is -10.3. The van der Waals surface area contributed by atoms with E-state index >= 15 is 0 Å². The molecule has 0 radical (unpaired) electrons. The Kier molecular flexibility index (Phi) is 7.70. The van der Waals surface area contributed by atoms with Crippen LogP contribution in [-0.4, -0.2) is 111 Å². The highest BCUT2D eigenvalue weighted by Crippen LogP contribution is 2.32. The predicted octanol–water partition coefficient (Wildman–Crippen LogP) is -3.17. The van der Waals surface area contributed by atoms with Gasteiger partial charge in [0.1, 0.15) is 36.1 Å². The van der Waals surface area contributed by atoms with E-state index in [0.717, 1.165) is 0 Å². The first kappa shape index (κ1) is 24.1. The summed E-state index contributed by atoms with van der Waals surface area (Å²) >= 11 is 0. The monoisotopic (exact) mass is 448 g/mol. The zero-order valence-corrected chi connectivity index (χ0v) is 16.8. The van der Waals surface area contributed by atoms with Crippen molar-refractivity contribution in [1.82, 2.24) is 0 Å². The summed E-state index contributed by atoms with van der Waals surface area (Å²) in [6.45, 7) is -1.72. The molecule has 2 fully saturated rings. The first-order valence-corrected chi connectivity index (χ1v) is 9.62. The smallest absolute Gasteiger partial charge is 0.229 e. The van der Waals surface area contributed by atoms with Gasteiger partial charge in [-0.2, -0.15) is 0 Å². The van der Waals surface area contributed by atoms with Gasteiger partial charge in [-0.15, -0.1) is 0 Å². The Morgan fingerprint density at radius 3 is 2.39 bits per heavy atom. The maximum Gasteiger partial charge on any atom is 0.229 e. The molecular formula is C19H28O12. The number of aliphatic hydroxyl groups excluding tert-OH is 6. The fourth-order valence-corrected chi connectivity index (χ4v) is 3.31. The zero-order chi connectivity index (χ0) is 22.8. The van der Waals surface area contributed by atoms with Gasteiger partial charge in [-0.25, -0.2) is 0 Å². The SMILES string of the molecule is COc1cc(CO)ccc1O[C@@H]1O[C@H](CO[C@@H]2OC[C@](O)(CO)[C@H]2O)[C@@H](O)[C@H](O)[C@H]1O. The molecule has 1 aromatic carbocycles. The van der Waals surface area contributed by atoms with Crippen LogP contribution in [0, 0.1) is 0 Å². The molecule has 1 aromatic rings. The van der Waals surface area contributed by atoms with E-state index in [1.807, 2.05) is 0 Å². The highest BCUT2D eigenvalue weighted by molar-refractivity contribution is 5.43. The van der Waals surface area contributed by atoms with Crippen LogP contribution in [0.2, 0.25) is 0 Å². The lowest BCUT2D eigenvalue weighted by Crippen LogP contribution is -2.60. The first-order chi connectivity index (χ1) is 14.7. The number of benzene rings is 1. The third-order valence-electron chi connectivity index (χ3n) is 5.33. The molecule has 2 aliphatic heterocycles. The molecule has 0 unspecified atom stereocenters. The molecular weight excluding hydrogens is 420 g/mol. The van der Waals surface area contributed by atoms with Crippen LogP contribution in [0.3, 0.4) is 0 Å². The van der Waals surface area contributed by atoms with E-state index in [-0.39, 0.29) is 24.7 Å². The van der Waals surface area contributed by atoms with Crippen LogP contribution in [0.4, 0.5) is 0 Å². The van der Waals surface area contributed by atoms with Crippen molar-refractivity contribution in [2.45, 2.75) is 55.3 Å². The van der Waals surface area contributed by atoms with Crippen LogP contribution >= 0.6 is 0 Å². The lowest BCUT2D eigenvalue weighted by Gasteiger charge is -2.40. The minimum Gasteiger partial charge on any atom is -0.493 e. The van der Waals surface area contributed by atoms with E-state index in [0.29, 0.717) is 5.56 Å². The van der Waals surface area contributed by atoms with E-state index in [2.05, 4.69) is 0 Å². The second-order valence-electron chi connectivity index (χ2n) is 7.50. The lowest BCUT2D eigenvalue weighted by atomic mass is 9.99. The Morgan fingerprint density at radius 2 is 1.77 bits per heavy atom. The fraction of sp³-hybridized carbons (Fsp3) is 0.684. The van der Waals surface area contributed by atoms with E-state index in [9.17, 15) is 35.7 Å². The van der Waals surface area contributed by atoms with Gasteiger partial charge >= 0.3 is 0 Å². The van der Waals surface area contributed by atoms with Crippen LogP contribution in [0.15, 0.2) is 18.2 Å². The Balaban J connectivity index is 1.67. The third-order valence-corrected chi connectivity index (χ3v) is 5.33. The topological polar surface area (TPSA) is 188 Å². The molecule has 0 amide bonds. The number of ether oxygens (including phenoxy) is 5. The van der Waals surface area contributed by atoms with Gasteiger partial charge in [-0.1, -0.05) is 6.07 Å². The van der Waals surface area contributed by atoms with Crippen LogP contribution < -0.4 is 9.47 Å². The zero-order valence-electron chi connectivity index (χ0n) is 16.8. The van der Waals surface area contributed by atoms with Crippen LogP contribution in [-0.2, 0) is 20.8 Å². The van der Waals surface area contributed by atoms with Crippen molar-refractivity contribution < 1.29 is 59.4 Å². The molecule has 12 nitrogen and oxygen atoms in total. The van der Waals surface area contributed by atoms with E-state index < -0.39 is 61.9 Å². The highest BCUT2D eigenvalue weighted by atomic mass is 16.7. The van der Waals surface area contributed by atoms with E-state index in [4.69, 9.17) is 23.7 Å². The van der Waals surface area contributed by atoms with Crippen molar-refractivity contribution in [3.63, 3.8) is 0 Å². The van der Waals surface area contributed by atoms with Gasteiger partial charge < -0.3 is 59.4 Å². The van der Waals surface area contributed by atoms with Crippen molar-refractivity contribution in [3.8, 4) is 11.5 Å². The summed E-state index contributed by atoms with van der Waals surface area (Å²) in [6, 6.07) is 4.58. The number of rotatable bonds is 8. The summed E-state index contributed by atoms with van der Waals surface area (Å²) in [5.74, 6) is 0.413. The normalized spacial score (nSPS) is 38.3. The maximum absolute atomic E-state index is 10.3. The summed E-state index contributed by atoms with van der Waals surface area (Å²) in [7, 11) is 1.39. The Morgan fingerprint density at radius 1 is 1.03 bits per heavy atom. The van der Waals surface area contributed by atoms with Gasteiger partial charge in [-0.3, -0.25) is 0 Å². The van der Waals surface area contributed by atoms with Crippen LogP contribution in [0.1, 0.15) is 5.56 Å². The molecule has 2 aliphatic rings. The Bertz CT molecular complexity index is 732. The second kappa shape index (κ2) is 9.92. The largest absolute Gasteiger partial charge is 0.493 e. The highest BCUT2D eigenvalue weighted by Gasteiger charge is 2.50. The van der Waals surface area contributed by atoms with Gasteiger partial charge in [0.25, 0.3) is 0 Å². The van der Waals surface area contributed by atoms with Gasteiger partial charge in [0.2, 0.25) is 6.29 Å². The molecule has 8 atom stereocenters. The Hall–Kier alpha value is -1.58. The molecule has 12 heteroatoms. The molecule has 0 spiro atoms. The predicted molar refractivity (Wildman–Crippen MR) is 100.0 cm³/mol. The quantitative estimate of drug-likeness (QED) is 0.212. The van der Waals surface area contributed by atoms with Crippen molar-refractivity contribution in [3.05, 3.63) is 23.8 Å². The summed E-state index contributed by atoms with van der Waals surface area (Å²) in [5.41, 5.74) is -1.32. The summed E-state index contributed by atoms with van der Waals surface area (Å²) in [4.78, 5) is 0. The van der Waals surface area contributed by atoms with Crippen molar-refractivity contribution in [1.29, 1.82) is 0 Å². The van der Waals surface area contributed by atoms with E-state index in [1.165, 1.54) is 19.2 Å². The standard InChI is InChI=1S/C19H28O12/c1-27-11-4-9(5-20)2-3-10(11)30-17-15(24)14(23)13(22)12(31-17)6-28-18-16(25)19(26,7-21)8-29-18/h2-4,12-18,20-26H,5-8H2,1H3/t12-,13-,14+,15-,16+,17-,18-,19-/m1/s1. The van der Waals surface area contributed by atoms with Gasteiger partial charge in [-0.05, 0) is 17.7 Å². The molecule has 7 N–H and O–H groups in total.